The van der Waals surface area contributed by atoms with Crippen LogP contribution in [0.1, 0.15) is 12.0 Å². The Balaban J connectivity index is 1.85. The number of amides is 1. The minimum Gasteiger partial charge on any atom is -0.315 e. The Kier molecular flexibility index (Phi) is 5.43. The molecule has 3 rings (SSSR count). The normalized spacial score (nSPS) is 20.4. The Morgan fingerprint density at radius 2 is 1.79 bits per heavy atom. The first-order valence-corrected chi connectivity index (χ1v) is 8.70. The lowest BCUT2D eigenvalue weighted by atomic mass is 9.84. The molecule has 1 fully saturated rings. The van der Waals surface area contributed by atoms with Gasteiger partial charge in [-0.1, -0.05) is 30.3 Å². The van der Waals surface area contributed by atoms with Gasteiger partial charge in [0.15, 0.2) is 17.0 Å². The minimum atomic E-state index is -4.78. The number of hydrogen-bond donors (Lipinski definition) is 0. The molecule has 2 aromatic carbocycles. The minimum absolute atomic E-state index is 0.103. The maximum atomic E-state index is 14.0. The lowest BCUT2D eigenvalue weighted by molar-refractivity contribution is -0.216. The van der Waals surface area contributed by atoms with Crippen LogP contribution in [0.3, 0.4) is 0 Å². The number of anilines is 1. The lowest BCUT2D eigenvalue weighted by Crippen LogP contribution is -2.53. The molecule has 150 valence electrons. The first-order valence-electron chi connectivity index (χ1n) is 8.70. The highest BCUT2D eigenvalue weighted by molar-refractivity contribution is 5.98. The molecule has 1 aliphatic heterocycles. The summed E-state index contributed by atoms with van der Waals surface area (Å²) in [6.07, 6.45) is -5.17. The fourth-order valence-corrected chi connectivity index (χ4v) is 3.52. The predicted octanol–water partition coefficient (Wildman–Crippen LogP) is 4.38. The number of halogens is 5. The molecule has 1 amide bonds. The van der Waals surface area contributed by atoms with E-state index in [2.05, 4.69) is 0 Å². The number of rotatable bonds is 4. The van der Waals surface area contributed by atoms with Gasteiger partial charge in [-0.05, 0) is 30.7 Å². The molecular formula is C20H19F5N2O. The summed E-state index contributed by atoms with van der Waals surface area (Å²) in [6, 6.07) is 11.6. The average molecular weight is 398 g/mol. The Morgan fingerprint density at radius 1 is 1.11 bits per heavy atom. The van der Waals surface area contributed by atoms with Crippen LogP contribution in [0.15, 0.2) is 48.5 Å². The summed E-state index contributed by atoms with van der Waals surface area (Å²) in [7, 11) is 1.14. The van der Waals surface area contributed by atoms with E-state index in [9.17, 15) is 26.7 Å². The quantitative estimate of drug-likeness (QED) is 0.714. The van der Waals surface area contributed by atoms with Gasteiger partial charge in [-0.15, -0.1) is 0 Å². The standard InChI is InChI=1S/C20H19F5N2O/c1-26(15-7-8-16(21)17(22)11-15)18(28)19(20(23,24)25)9-10-27(13-19)12-14-5-3-2-4-6-14/h2-8,11H,9-10,12-13H2,1H3. The molecule has 0 spiro atoms. The summed E-state index contributed by atoms with van der Waals surface area (Å²) >= 11 is 0. The van der Waals surface area contributed by atoms with E-state index < -0.39 is 42.1 Å². The van der Waals surface area contributed by atoms with Gasteiger partial charge in [0.05, 0.1) is 0 Å². The molecule has 0 N–H and O–H groups in total. The number of carbonyl (C=O) groups is 1. The molecule has 1 heterocycles. The summed E-state index contributed by atoms with van der Waals surface area (Å²) in [5.74, 6) is -3.54. The first-order chi connectivity index (χ1) is 13.1. The summed E-state index contributed by atoms with van der Waals surface area (Å²) < 4.78 is 68.6. The van der Waals surface area contributed by atoms with Gasteiger partial charge in [-0.25, -0.2) is 8.78 Å². The van der Waals surface area contributed by atoms with Gasteiger partial charge in [0.25, 0.3) is 0 Å². The average Bonchev–Trinajstić information content (AvgIpc) is 3.09. The second-order valence-corrected chi connectivity index (χ2v) is 6.99. The van der Waals surface area contributed by atoms with Crippen molar-refractivity contribution in [3.63, 3.8) is 0 Å². The van der Waals surface area contributed by atoms with Gasteiger partial charge in [-0.3, -0.25) is 9.69 Å². The van der Waals surface area contributed by atoms with E-state index in [0.29, 0.717) is 12.6 Å². The molecule has 1 saturated heterocycles. The maximum Gasteiger partial charge on any atom is 0.404 e. The fourth-order valence-electron chi connectivity index (χ4n) is 3.52. The number of nitrogens with zero attached hydrogens (tertiary/aromatic N) is 2. The summed E-state index contributed by atoms with van der Waals surface area (Å²) in [5.41, 5.74) is -1.88. The summed E-state index contributed by atoms with van der Waals surface area (Å²) in [5, 5.41) is 0. The van der Waals surface area contributed by atoms with Crippen LogP contribution in [0.4, 0.5) is 27.6 Å². The van der Waals surface area contributed by atoms with Crippen LogP contribution in [-0.4, -0.2) is 37.1 Å². The van der Waals surface area contributed by atoms with Crippen LogP contribution in [0.2, 0.25) is 0 Å². The zero-order valence-electron chi connectivity index (χ0n) is 15.1. The molecule has 3 nitrogen and oxygen atoms in total. The van der Waals surface area contributed by atoms with Crippen molar-refractivity contribution >= 4 is 11.6 Å². The molecule has 0 bridgehead atoms. The molecule has 1 aliphatic rings. The van der Waals surface area contributed by atoms with Gasteiger partial charge >= 0.3 is 6.18 Å². The second-order valence-electron chi connectivity index (χ2n) is 6.99. The van der Waals surface area contributed by atoms with E-state index in [-0.39, 0.29) is 12.2 Å². The van der Waals surface area contributed by atoms with Crippen LogP contribution >= 0.6 is 0 Å². The van der Waals surface area contributed by atoms with Crippen molar-refractivity contribution in [2.75, 3.05) is 25.0 Å². The van der Waals surface area contributed by atoms with Gasteiger partial charge in [0.1, 0.15) is 0 Å². The lowest BCUT2D eigenvalue weighted by Gasteiger charge is -2.34. The Morgan fingerprint density at radius 3 is 2.39 bits per heavy atom. The van der Waals surface area contributed by atoms with Crippen LogP contribution in [0.5, 0.6) is 0 Å². The van der Waals surface area contributed by atoms with Crippen molar-refractivity contribution in [2.24, 2.45) is 5.41 Å². The molecule has 1 atom stereocenters. The van der Waals surface area contributed by atoms with Crippen molar-refractivity contribution in [2.45, 2.75) is 19.1 Å². The number of carbonyl (C=O) groups excluding carboxylic acids is 1. The molecule has 28 heavy (non-hydrogen) atoms. The number of likely N-dealkylation sites (tertiary alicyclic amines) is 1. The molecule has 0 radical (unpaired) electrons. The molecule has 0 saturated carbocycles. The highest BCUT2D eigenvalue weighted by Gasteiger charge is 2.63. The largest absolute Gasteiger partial charge is 0.404 e. The highest BCUT2D eigenvalue weighted by Crippen LogP contribution is 2.47. The monoisotopic (exact) mass is 398 g/mol. The molecule has 0 aromatic heterocycles. The highest BCUT2D eigenvalue weighted by atomic mass is 19.4. The van der Waals surface area contributed by atoms with Crippen molar-refractivity contribution in [3.8, 4) is 0 Å². The van der Waals surface area contributed by atoms with Crippen molar-refractivity contribution in [1.29, 1.82) is 0 Å². The summed E-state index contributed by atoms with van der Waals surface area (Å²) in [4.78, 5) is 15.2. The number of alkyl halides is 3. The predicted molar refractivity (Wildman–Crippen MR) is 94.6 cm³/mol. The van der Waals surface area contributed by atoms with E-state index in [0.717, 1.165) is 29.6 Å². The summed E-state index contributed by atoms with van der Waals surface area (Å²) in [6.45, 7) is -0.0924. The zero-order chi connectivity index (χ0) is 20.5. The van der Waals surface area contributed by atoms with E-state index in [1.165, 1.54) is 0 Å². The van der Waals surface area contributed by atoms with Crippen molar-refractivity contribution < 1.29 is 26.7 Å². The van der Waals surface area contributed by atoms with E-state index in [1.54, 1.807) is 17.0 Å². The Hall–Kier alpha value is -2.48. The molecule has 1 unspecified atom stereocenters. The Bertz CT molecular complexity index is 855. The van der Waals surface area contributed by atoms with E-state index in [4.69, 9.17) is 0 Å². The third kappa shape index (κ3) is 3.73. The van der Waals surface area contributed by atoms with E-state index in [1.807, 2.05) is 18.2 Å². The SMILES string of the molecule is CN(C(=O)C1(C(F)(F)F)CCN(Cc2ccccc2)C1)c1ccc(F)c(F)c1. The smallest absolute Gasteiger partial charge is 0.315 e. The Labute approximate surface area is 159 Å². The van der Waals surface area contributed by atoms with Gasteiger partial charge < -0.3 is 4.90 Å². The van der Waals surface area contributed by atoms with E-state index >= 15 is 0 Å². The first kappa shape index (κ1) is 20.3. The molecule has 2 aromatic rings. The van der Waals surface area contributed by atoms with Gasteiger partial charge in [0.2, 0.25) is 5.91 Å². The number of benzene rings is 2. The third-order valence-electron chi connectivity index (χ3n) is 5.14. The zero-order valence-corrected chi connectivity index (χ0v) is 15.1. The molecular weight excluding hydrogens is 379 g/mol. The fraction of sp³-hybridized carbons (Fsp3) is 0.350. The molecule has 8 heteroatoms. The van der Waals surface area contributed by atoms with Crippen LogP contribution < -0.4 is 4.90 Å². The topological polar surface area (TPSA) is 23.6 Å². The van der Waals surface area contributed by atoms with Crippen LogP contribution in [0.25, 0.3) is 0 Å². The third-order valence-corrected chi connectivity index (χ3v) is 5.14. The maximum absolute atomic E-state index is 14.0. The van der Waals surface area contributed by atoms with Gasteiger partial charge in [-0.2, -0.15) is 13.2 Å². The second kappa shape index (κ2) is 7.50. The molecule has 0 aliphatic carbocycles. The van der Waals surface area contributed by atoms with Crippen molar-refractivity contribution in [3.05, 3.63) is 65.7 Å². The van der Waals surface area contributed by atoms with Crippen LogP contribution in [0, 0.1) is 17.0 Å². The van der Waals surface area contributed by atoms with Crippen molar-refractivity contribution in [1.82, 2.24) is 4.90 Å². The van der Waals surface area contributed by atoms with Crippen LogP contribution in [-0.2, 0) is 11.3 Å². The number of hydrogen-bond acceptors (Lipinski definition) is 2. The van der Waals surface area contributed by atoms with Gasteiger partial charge in [0, 0.05) is 31.9 Å².